The molecule has 0 atom stereocenters. The third-order valence-electron chi connectivity index (χ3n) is 2.13. The maximum atomic E-state index is 10.1. The number of halogens is 5. The Labute approximate surface area is 241 Å². The molecule has 0 heterocycles. The first-order chi connectivity index (χ1) is 13.7. The molecule has 6 N–H and O–H groups in total. The van der Waals surface area contributed by atoms with E-state index in [1.807, 2.05) is 39.8 Å². The Kier molecular flexibility index (Phi) is 39.7. The van der Waals surface area contributed by atoms with E-state index >= 15 is 0 Å². The molecule has 167 valence electrons. The van der Waals surface area contributed by atoms with Gasteiger partial charge in [0, 0.05) is 6.07 Å². The zero-order valence-electron chi connectivity index (χ0n) is 16.4. The molecule has 0 amide bonds. The van der Waals surface area contributed by atoms with Crippen LogP contribution < -0.4 is 17.2 Å². The number of nitrogens with zero attached hydrogens (tertiary/aromatic N) is 1. The van der Waals surface area contributed by atoms with Crippen LogP contribution in [0.15, 0.2) is 48.5 Å². The number of nitro benzene ring substituents is 1. The summed E-state index contributed by atoms with van der Waals surface area (Å²) in [6.07, 6.45) is 0. The standard InChI is InChI=1S/C6H6N2O2.C6H8N2.2C2H6.5HI.2V/c7-5-3-1-2-4-6(5)8(9)10;7-5-3-1-2-4-6(5)8;2*1-2;;;;;;;/h1-4H,7H2;1-4H,7-8H2;2*1-2H3;5*1H;;/q;;;;;;;;;+2;+3/p-5. The number of para-hydroxylation sites is 4. The second-order valence-corrected chi connectivity index (χ2v) is 50.9. The topological polar surface area (TPSA) is 121 Å². The van der Waals surface area contributed by atoms with Gasteiger partial charge in [0.15, 0.2) is 0 Å². The van der Waals surface area contributed by atoms with Gasteiger partial charge in [-0.2, -0.15) is 0 Å². The van der Waals surface area contributed by atoms with Crippen LogP contribution in [0.4, 0.5) is 22.7 Å². The van der Waals surface area contributed by atoms with Gasteiger partial charge in [0.2, 0.25) is 0 Å². The van der Waals surface area contributed by atoms with Crippen LogP contribution in [0.2, 0.25) is 0 Å². The molecule has 13 heteroatoms. The Bertz CT molecular complexity index is 606. The minimum absolute atomic E-state index is 0.0394. The van der Waals surface area contributed by atoms with Crippen LogP contribution in [0, 0.1) is 10.1 Å². The van der Waals surface area contributed by atoms with Gasteiger partial charge in [0.1, 0.15) is 5.69 Å². The van der Waals surface area contributed by atoms with Gasteiger partial charge >= 0.3 is 114 Å². The molecule has 0 saturated carbocycles. The third kappa shape index (κ3) is 30.1. The Balaban J connectivity index is -0.000000147. The molecule has 0 aromatic heterocycles. The van der Waals surface area contributed by atoms with Crippen molar-refractivity contribution in [3.63, 3.8) is 0 Å². The predicted molar refractivity (Wildman–Crippen MR) is 166 cm³/mol. The number of nitro groups is 1. The summed E-state index contributed by atoms with van der Waals surface area (Å²) in [6.45, 7) is 8.00. The monoisotopic (exact) mass is 1040 g/mol. The fourth-order valence-corrected chi connectivity index (χ4v) is 1.16. The van der Waals surface area contributed by atoms with Crippen molar-refractivity contribution in [1.82, 2.24) is 0 Å². The molecule has 0 aliphatic rings. The van der Waals surface area contributed by atoms with Crippen LogP contribution >= 0.6 is 99.9 Å². The Morgan fingerprint density at radius 1 is 0.793 bits per heavy atom. The molecule has 29 heavy (non-hydrogen) atoms. The summed E-state index contributed by atoms with van der Waals surface area (Å²) >= 11 is 12.1. The maximum absolute atomic E-state index is 10.1. The van der Waals surface area contributed by atoms with E-state index < -0.39 is 4.92 Å². The van der Waals surface area contributed by atoms with Crippen LogP contribution in [0.25, 0.3) is 0 Å². The molecule has 0 unspecified atom stereocenters. The van der Waals surface area contributed by atoms with Crippen LogP contribution in [-0.4, -0.2) is 4.92 Å². The number of anilines is 3. The average Bonchev–Trinajstić information content (AvgIpc) is 2.68. The third-order valence-corrected chi connectivity index (χ3v) is 2.13. The normalized spacial score (nSPS) is 7.79. The van der Waals surface area contributed by atoms with Crippen LogP contribution in [0.5, 0.6) is 0 Å². The summed E-state index contributed by atoms with van der Waals surface area (Å²) < 4.78 is 0. The molecule has 2 rings (SSSR count). The predicted octanol–water partition coefficient (Wildman–Crippen LogP) is 8.50. The number of hydrogen-bond donors (Lipinski definition) is 3. The Hall–Kier alpha value is 2.06. The van der Waals surface area contributed by atoms with Crippen LogP contribution in [0.1, 0.15) is 27.7 Å². The van der Waals surface area contributed by atoms with Crippen molar-refractivity contribution < 1.29 is 19.3 Å². The Morgan fingerprint density at radius 3 is 1.21 bits per heavy atom. The first kappa shape index (κ1) is 38.3. The van der Waals surface area contributed by atoms with Crippen molar-refractivity contribution in [3.05, 3.63) is 58.6 Å². The van der Waals surface area contributed by atoms with E-state index in [9.17, 15) is 10.1 Å². The van der Waals surface area contributed by atoms with E-state index in [1.54, 1.807) is 24.3 Å². The van der Waals surface area contributed by atoms with E-state index in [1.165, 1.54) is 12.1 Å². The van der Waals surface area contributed by atoms with E-state index in [4.69, 9.17) is 17.2 Å². The molecule has 0 saturated heterocycles. The second kappa shape index (κ2) is 30.1. The van der Waals surface area contributed by atoms with Gasteiger partial charge in [0.05, 0.1) is 16.3 Å². The Morgan fingerprint density at radius 2 is 1.03 bits per heavy atom. The first-order valence-electron chi connectivity index (χ1n) is 7.95. The summed E-state index contributed by atoms with van der Waals surface area (Å²) in [5, 5.41) is 10.1. The molecule has 6 nitrogen and oxygen atoms in total. The molecule has 0 spiro atoms. The van der Waals surface area contributed by atoms with Gasteiger partial charge in [-0.25, -0.2) is 0 Å². The van der Waals surface area contributed by atoms with Gasteiger partial charge in [-0.3, -0.25) is 10.1 Å². The fourth-order valence-electron chi connectivity index (χ4n) is 1.16. The van der Waals surface area contributed by atoms with Crippen molar-refractivity contribution in [3.8, 4) is 0 Å². The van der Waals surface area contributed by atoms with E-state index in [0.29, 0.717) is 20.8 Å². The number of nitrogens with two attached hydrogens (primary N) is 3. The molecule has 0 bridgehead atoms. The van der Waals surface area contributed by atoms with Crippen LogP contribution in [0.3, 0.4) is 0 Å². The summed E-state index contributed by atoms with van der Waals surface area (Å²) in [5.74, 6) is 0. The van der Waals surface area contributed by atoms with Crippen molar-refractivity contribution >= 4 is 123 Å². The van der Waals surface area contributed by atoms with Gasteiger partial charge in [-0.05, 0) is 18.2 Å². The number of hydrogen-bond acceptors (Lipinski definition) is 5. The van der Waals surface area contributed by atoms with Crippen molar-refractivity contribution in [2.75, 3.05) is 17.2 Å². The molecule has 0 radical (unpaired) electrons. The van der Waals surface area contributed by atoms with Gasteiger partial charge in [-0.1, -0.05) is 52.0 Å². The molecule has 0 aliphatic carbocycles. The van der Waals surface area contributed by atoms with E-state index in [0.717, 1.165) is 0 Å². The summed E-state index contributed by atoms with van der Waals surface area (Å²) in [4.78, 5) is 9.37. The minimum atomic E-state index is -0.505. The quantitative estimate of drug-likeness (QED) is 0.115. The fraction of sp³-hybridized carbons (Fsp3) is 0.250. The number of nitrogen functional groups attached to an aromatic ring is 3. The molecule has 2 aromatic rings. The zero-order chi connectivity index (χ0) is 23.8. The van der Waals surface area contributed by atoms with E-state index in [2.05, 4.69) is 99.9 Å². The zero-order valence-corrected chi connectivity index (χ0v) is 30.0. The van der Waals surface area contributed by atoms with Crippen molar-refractivity contribution in [2.45, 2.75) is 27.7 Å². The molecule has 0 aliphatic heterocycles. The SMILES string of the molecule is CC.CC.Nc1ccccc1N.Nc1ccccc1[N+](=O)[O-].[I][V]([I])[I].[I][V][I]. The van der Waals surface area contributed by atoms with Crippen molar-refractivity contribution in [1.29, 1.82) is 0 Å². The number of rotatable bonds is 1. The summed E-state index contributed by atoms with van der Waals surface area (Å²) in [6, 6.07) is 13.4. The molecular weight excluding hydrogens is 1020 g/mol. The molecule has 0 fully saturated rings. The number of benzene rings is 2. The van der Waals surface area contributed by atoms with Gasteiger partial charge < -0.3 is 17.2 Å². The van der Waals surface area contributed by atoms with Gasteiger partial charge in [-0.15, -0.1) is 0 Å². The summed E-state index contributed by atoms with van der Waals surface area (Å²) in [7, 11) is 0.628. The molecule has 2 aromatic carbocycles. The molecular formula is C16H26I5N4O2V2. The summed E-state index contributed by atoms with van der Waals surface area (Å²) in [5.41, 5.74) is 17.5. The van der Waals surface area contributed by atoms with Crippen molar-refractivity contribution in [2.24, 2.45) is 0 Å². The van der Waals surface area contributed by atoms with E-state index in [-0.39, 0.29) is 16.3 Å². The van der Waals surface area contributed by atoms with Gasteiger partial charge in [0.25, 0.3) is 5.69 Å². The van der Waals surface area contributed by atoms with Crippen LogP contribution in [-0.2, 0) is 14.4 Å². The second-order valence-electron chi connectivity index (χ2n) is 3.70. The average molecular weight is 1040 g/mol. The first-order valence-corrected chi connectivity index (χ1v) is 30.5.